The summed E-state index contributed by atoms with van der Waals surface area (Å²) >= 11 is 0. The molecule has 0 spiro atoms. The van der Waals surface area contributed by atoms with Gasteiger partial charge in [-0.25, -0.2) is 4.39 Å². The molecule has 154 valence electrons. The van der Waals surface area contributed by atoms with Crippen molar-refractivity contribution in [2.45, 2.75) is 6.04 Å². The molecule has 1 atom stereocenters. The van der Waals surface area contributed by atoms with E-state index in [-0.39, 0.29) is 22.9 Å². The number of quaternary nitrogens is 1. The summed E-state index contributed by atoms with van der Waals surface area (Å²) in [6, 6.07) is 12.3. The minimum Gasteiger partial charge on any atom is -0.450 e. The Morgan fingerprint density at radius 2 is 1.77 bits per heavy atom. The fourth-order valence-electron chi connectivity index (χ4n) is 4.38. The molecule has 0 radical (unpaired) electrons. The van der Waals surface area contributed by atoms with Crippen LogP contribution in [0.25, 0.3) is 11.0 Å². The number of hydrogen-bond donors (Lipinski definition) is 1. The van der Waals surface area contributed by atoms with Gasteiger partial charge in [0.1, 0.15) is 24.5 Å². The van der Waals surface area contributed by atoms with Crippen LogP contribution < -0.4 is 10.3 Å². The molecule has 1 amide bonds. The number of fused-ring (bicyclic) bond motifs is 2. The number of amides is 1. The molecule has 3 heterocycles. The number of nitrogens with one attached hydrogen (secondary N) is 1. The van der Waals surface area contributed by atoms with Gasteiger partial charge in [-0.1, -0.05) is 24.3 Å². The Hall–Kier alpha value is -3.03. The fraction of sp³-hybridized carbons (Fsp3) is 0.304. The number of hydrogen-bond acceptors (Lipinski definition) is 4. The lowest BCUT2D eigenvalue weighted by Crippen LogP contribution is -3.14. The zero-order valence-corrected chi connectivity index (χ0v) is 16.4. The number of ether oxygens (including phenoxy) is 1. The minimum atomic E-state index is -0.589. The lowest BCUT2D eigenvalue weighted by Gasteiger charge is -2.29. The van der Waals surface area contributed by atoms with Gasteiger partial charge in [-0.3, -0.25) is 9.59 Å². The molecule has 0 unspecified atom stereocenters. The van der Waals surface area contributed by atoms with E-state index >= 15 is 0 Å². The van der Waals surface area contributed by atoms with Gasteiger partial charge in [-0.15, -0.1) is 0 Å². The fourth-order valence-corrected chi connectivity index (χ4v) is 4.38. The Morgan fingerprint density at radius 1 is 1.03 bits per heavy atom. The second-order valence-corrected chi connectivity index (χ2v) is 7.74. The van der Waals surface area contributed by atoms with E-state index in [1.165, 1.54) is 17.0 Å². The monoisotopic (exact) mass is 409 g/mol. The van der Waals surface area contributed by atoms with E-state index in [2.05, 4.69) is 0 Å². The number of rotatable bonds is 4. The maximum absolute atomic E-state index is 13.5. The molecule has 6 nitrogen and oxygen atoms in total. The van der Waals surface area contributed by atoms with Crippen LogP contribution in [-0.4, -0.2) is 50.2 Å². The molecule has 0 bridgehead atoms. The molecular weight excluding hydrogens is 387 g/mol. The van der Waals surface area contributed by atoms with Crippen molar-refractivity contribution in [2.24, 2.45) is 0 Å². The molecule has 5 rings (SSSR count). The normalized spacial score (nSPS) is 19.4. The highest BCUT2D eigenvalue weighted by molar-refractivity contribution is 5.99. The molecule has 30 heavy (non-hydrogen) atoms. The van der Waals surface area contributed by atoms with E-state index < -0.39 is 6.04 Å². The zero-order chi connectivity index (χ0) is 20.7. The van der Waals surface area contributed by atoms with Crippen LogP contribution in [0.1, 0.15) is 27.7 Å². The van der Waals surface area contributed by atoms with Crippen molar-refractivity contribution >= 4 is 16.9 Å². The van der Waals surface area contributed by atoms with E-state index in [1.54, 1.807) is 41.3 Å². The van der Waals surface area contributed by atoms with Crippen molar-refractivity contribution < 1.29 is 23.2 Å². The molecule has 0 aliphatic carbocycles. The lowest BCUT2D eigenvalue weighted by molar-refractivity contribution is -0.907. The summed E-state index contributed by atoms with van der Waals surface area (Å²) in [7, 11) is 0. The predicted molar refractivity (Wildman–Crippen MR) is 108 cm³/mol. The second kappa shape index (κ2) is 7.66. The van der Waals surface area contributed by atoms with Crippen LogP contribution in [0.2, 0.25) is 0 Å². The number of halogens is 1. The van der Waals surface area contributed by atoms with Crippen molar-refractivity contribution in [3.8, 4) is 0 Å². The number of nitrogens with zero attached hydrogens (tertiary/aromatic N) is 1. The first-order chi connectivity index (χ1) is 14.6. The quantitative estimate of drug-likeness (QED) is 0.708. The Balaban J connectivity index is 1.59. The Kier molecular flexibility index (Phi) is 4.84. The Labute approximate surface area is 172 Å². The van der Waals surface area contributed by atoms with Gasteiger partial charge in [0.25, 0.3) is 5.91 Å². The average Bonchev–Trinajstić information content (AvgIpc) is 3.06. The molecule has 7 heteroatoms. The maximum Gasteiger partial charge on any atom is 0.291 e. The summed E-state index contributed by atoms with van der Waals surface area (Å²) < 4.78 is 24.9. The van der Waals surface area contributed by atoms with E-state index in [1.807, 2.05) is 0 Å². The van der Waals surface area contributed by atoms with Crippen molar-refractivity contribution in [2.75, 3.05) is 39.4 Å². The van der Waals surface area contributed by atoms with Gasteiger partial charge in [0, 0.05) is 0 Å². The SMILES string of the molecule is O=C1c2oc3ccccc3c(=O)c2[C@H](c2ccc(F)cc2)N1CC[NH+]1CCOCC1. The van der Waals surface area contributed by atoms with Crippen molar-refractivity contribution in [1.29, 1.82) is 0 Å². The lowest BCUT2D eigenvalue weighted by atomic mass is 9.98. The zero-order valence-electron chi connectivity index (χ0n) is 16.4. The molecule has 1 fully saturated rings. The summed E-state index contributed by atoms with van der Waals surface area (Å²) in [5.41, 5.74) is 1.22. The highest BCUT2D eigenvalue weighted by atomic mass is 19.1. The van der Waals surface area contributed by atoms with Crippen LogP contribution in [0.5, 0.6) is 0 Å². The van der Waals surface area contributed by atoms with Crippen molar-refractivity contribution in [3.63, 3.8) is 0 Å². The number of carbonyl (C=O) groups is 1. The van der Waals surface area contributed by atoms with Gasteiger partial charge < -0.3 is 19.0 Å². The molecule has 1 N–H and O–H groups in total. The van der Waals surface area contributed by atoms with Gasteiger partial charge in [0.15, 0.2) is 5.43 Å². The van der Waals surface area contributed by atoms with E-state index in [4.69, 9.17) is 9.15 Å². The van der Waals surface area contributed by atoms with Crippen molar-refractivity contribution in [3.05, 3.63) is 81.5 Å². The van der Waals surface area contributed by atoms with Crippen molar-refractivity contribution in [1.82, 2.24) is 4.90 Å². The average molecular weight is 409 g/mol. The van der Waals surface area contributed by atoms with Gasteiger partial charge >= 0.3 is 0 Å². The highest BCUT2D eigenvalue weighted by Crippen LogP contribution is 2.37. The maximum atomic E-state index is 13.5. The number of benzene rings is 2. The molecule has 0 saturated carbocycles. The van der Waals surface area contributed by atoms with E-state index in [0.717, 1.165) is 19.6 Å². The molecule has 2 aliphatic rings. The number of morpholine rings is 1. The van der Waals surface area contributed by atoms with Gasteiger partial charge in [-0.05, 0) is 29.8 Å². The smallest absolute Gasteiger partial charge is 0.291 e. The molecule has 3 aromatic rings. The third kappa shape index (κ3) is 3.20. The summed E-state index contributed by atoms with van der Waals surface area (Å²) in [4.78, 5) is 29.7. The topological polar surface area (TPSA) is 64.2 Å². The Morgan fingerprint density at radius 3 is 2.53 bits per heavy atom. The highest BCUT2D eigenvalue weighted by Gasteiger charge is 2.43. The largest absolute Gasteiger partial charge is 0.450 e. The molecule has 1 saturated heterocycles. The third-order valence-electron chi connectivity index (χ3n) is 5.97. The number of para-hydroxylation sites is 1. The summed E-state index contributed by atoms with van der Waals surface area (Å²) in [6.45, 7) is 4.39. The van der Waals surface area contributed by atoms with E-state index in [9.17, 15) is 14.0 Å². The molecule has 2 aliphatic heterocycles. The van der Waals surface area contributed by atoms with Crippen LogP contribution in [0.3, 0.4) is 0 Å². The molecule has 2 aromatic carbocycles. The first-order valence-electron chi connectivity index (χ1n) is 10.2. The second-order valence-electron chi connectivity index (χ2n) is 7.74. The van der Waals surface area contributed by atoms with Crippen LogP contribution in [-0.2, 0) is 4.74 Å². The number of carbonyl (C=O) groups excluding carboxylic acids is 1. The first kappa shape index (κ1) is 19.0. The first-order valence-corrected chi connectivity index (χ1v) is 10.2. The third-order valence-corrected chi connectivity index (χ3v) is 5.97. The minimum absolute atomic E-state index is 0.0880. The standard InChI is InChI=1S/C23H21FN2O4/c24-16-7-5-15(6-8-16)20-19-21(27)17-3-1-2-4-18(17)30-22(19)23(28)26(20)10-9-25-11-13-29-14-12-25/h1-8,20H,9-14H2/p+1/t20-/m0/s1. The van der Waals surface area contributed by atoms with Gasteiger partial charge in [0.05, 0.1) is 43.3 Å². The summed E-state index contributed by atoms with van der Waals surface area (Å²) in [5.74, 6) is -0.571. The molecular formula is C23H22FN2O4+. The van der Waals surface area contributed by atoms with Crippen LogP contribution in [0.15, 0.2) is 57.7 Å². The summed E-state index contributed by atoms with van der Waals surface area (Å²) in [5, 5.41) is 0.441. The van der Waals surface area contributed by atoms with E-state index in [0.29, 0.717) is 41.9 Å². The van der Waals surface area contributed by atoms with Crippen LogP contribution in [0, 0.1) is 5.82 Å². The predicted octanol–water partition coefficient (Wildman–Crippen LogP) is 1.39. The van der Waals surface area contributed by atoms with Crippen LogP contribution >= 0.6 is 0 Å². The van der Waals surface area contributed by atoms with Gasteiger partial charge in [-0.2, -0.15) is 0 Å². The molecule has 1 aromatic heterocycles. The van der Waals surface area contributed by atoms with Crippen LogP contribution in [0.4, 0.5) is 4.39 Å². The Bertz CT molecular complexity index is 1150. The summed E-state index contributed by atoms with van der Waals surface area (Å²) in [6.07, 6.45) is 0. The van der Waals surface area contributed by atoms with Gasteiger partial charge in [0.2, 0.25) is 5.76 Å².